The number of halogens is 1. The molecular weight excluding hydrogens is 489 g/mol. The molecule has 9 nitrogen and oxygen atoms in total. The molecule has 3 heterocycles. The maximum absolute atomic E-state index is 14.5. The average Bonchev–Trinajstić information content (AvgIpc) is 3.37. The summed E-state index contributed by atoms with van der Waals surface area (Å²) in [6, 6.07) is 8.31. The molecule has 0 bridgehead atoms. The van der Waals surface area contributed by atoms with E-state index in [0.29, 0.717) is 41.2 Å². The highest BCUT2D eigenvalue weighted by atomic mass is 28.4. The van der Waals surface area contributed by atoms with Gasteiger partial charge in [-0.05, 0) is 41.7 Å². The Bertz CT molecular complexity index is 1420. The predicted molar refractivity (Wildman–Crippen MR) is 142 cm³/mol. The van der Waals surface area contributed by atoms with E-state index in [1.807, 2.05) is 13.1 Å². The minimum atomic E-state index is -1.92. The van der Waals surface area contributed by atoms with Gasteiger partial charge in [-0.2, -0.15) is 9.61 Å². The van der Waals surface area contributed by atoms with Crippen LogP contribution >= 0.6 is 0 Å². The van der Waals surface area contributed by atoms with Crippen LogP contribution in [0.25, 0.3) is 17.0 Å². The summed E-state index contributed by atoms with van der Waals surface area (Å²) in [5, 5.41) is 17.8. The van der Waals surface area contributed by atoms with E-state index in [4.69, 9.17) is 14.3 Å². The molecule has 37 heavy (non-hydrogen) atoms. The third-order valence-electron chi connectivity index (χ3n) is 6.89. The first-order valence-corrected chi connectivity index (χ1v) is 15.3. The molecule has 0 spiro atoms. The summed E-state index contributed by atoms with van der Waals surface area (Å²) < 4.78 is 30.2. The highest BCUT2D eigenvalue weighted by Gasteiger charge is 2.37. The van der Waals surface area contributed by atoms with Gasteiger partial charge in [-0.25, -0.2) is 14.1 Å². The van der Waals surface area contributed by atoms with Crippen molar-refractivity contribution in [3.8, 4) is 17.3 Å². The van der Waals surface area contributed by atoms with E-state index in [9.17, 15) is 4.39 Å². The lowest BCUT2D eigenvalue weighted by molar-refractivity contribution is 0.263. The number of aryl methyl sites for hydroxylation is 1. The summed E-state index contributed by atoms with van der Waals surface area (Å²) in [5.41, 5.74) is 1.41. The number of ether oxygens (including phenoxy) is 1. The minimum Gasteiger partial charge on any atom is -0.468 e. The maximum atomic E-state index is 14.5. The predicted octanol–water partition coefficient (Wildman–Crippen LogP) is 5.46. The van der Waals surface area contributed by atoms with E-state index in [-0.39, 0.29) is 17.1 Å². The third-order valence-corrected chi connectivity index (χ3v) is 11.4. The fourth-order valence-corrected chi connectivity index (χ4v) is 4.45. The van der Waals surface area contributed by atoms with Crippen LogP contribution in [0.2, 0.25) is 18.1 Å². The lowest BCUT2D eigenvalue weighted by Gasteiger charge is -2.35. The zero-order valence-corrected chi connectivity index (χ0v) is 24.1. The zero-order valence-electron chi connectivity index (χ0n) is 23.1. The fourth-order valence-electron chi connectivity index (χ4n) is 3.53. The van der Waals surface area contributed by atoms with Crippen LogP contribution < -0.4 is 4.74 Å². The highest BCUT2D eigenvalue weighted by Crippen LogP contribution is 2.37. The van der Waals surface area contributed by atoms with Crippen molar-refractivity contribution in [3.63, 3.8) is 0 Å². The minimum absolute atomic E-state index is 0.102. The Morgan fingerprint density at radius 1 is 0.973 bits per heavy atom. The van der Waals surface area contributed by atoms with Gasteiger partial charge in [-0.15, -0.1) is 15.3 Å². The van der Waals surface area contributed by atoms with E-state index >= 15 is 0 Å². The Morgan fingerprint density at radius 2 is 1.68 bits per heavy atom. The first-order chi connectivity index (χ1) is 17.2. The molecule has 11 heteroatoms. The Kier molecular flexibility index (Phi) is 6.97. The summed E-state index contributed by atoms with van der Waals surface area (Å²) in [6.45, 7) is 17.7. The summed E-state index contributed by atoms with van der Waals surface area (Å²) in [6.07, 6.45) is 0. The first kappa shape index (κ1) is 26.9. The van der Waals surface area contributed by atoms with Crippen molar-refractivity contribution in [2.45, 2.75) is 78.3 Å². The molecule has 198 valence electrons. The number of hydrogen-bond donors (Lipinski definition) is 0. The van der Waals surface area contributed by atoms with E-state index in [2.05, 4.69) is 74.9 Å². The van der Waals surface area contributed by atoms with Crippen LogP contribution in [0, 0.1) is 5.82 Å². The Labute approximate surface area is 218 Å². The molecule has 0 aliphatic heterocycles. The summed E-state index contributed by atoms with van der Waals surface area (Å²) in [7, 11) is -0.0920. The normalized spacial score (nSPS) is 12.9. The molecule has 0 amide bonds. The average molecular weight is 526 g/mol. The second kappa shape index (κ2) is 9.60. The largest absolute Gasteiger partial charge is 0.468 e. The molecule has 4 aromatic rings. The number of benzene rings is 1. The lowest BCUT2D eigenvalue weighted by atomic mass is 9.88. The third kappa shape index (κ3) is 5.57. The topological polar surface area (TPSA) is 92.2 Å². The number of rotatable bonds is 7. The number of hydrogen-bond acceptors (Lipinski definition) is 7. The van der Waals surface area contributed by atoms with Gasteiger partial charge in [0.05, 0.1) is 12.2 Å². The molecule has 0 atom stereocenters. The number of aromatic nitrogens is 7. The van der Waals surface area contributed by atoms with Crippen molar-refractivity contribution in [3.05, 3.63) is 53.4 Å². The van der Waals surface area contributed by atoms with Crippen molar-refractivity contribution in [2.75, 3.05) is 0 Å². The van der Waals surface area contributed by atoms with Crippen LogP contribution in [-0.4, -0.2) is 42.9 Å². The van der Waals surface area contributed by atoms with Crippen molar-refractivity contribution in [2.24, 2.45) is 7.05 Å². The van der Waals surface area contributed by atoms with Gasteiger partial charge >= 0.3 is 0 Å². The fraction of sp³-hybridized carbons (Fsp3) is 0.500. The van der Waals surface area contributed by atoms with E-state index in [1.165, 1.54) is 10.6 Å². The Balaban J connectivity index is 1.62. The Morgan fingerprint density at radius 3 is 2.32 bits per heavy atom. The van der Waals surface area contributed by atoms with Crippen LogP contribution in [0.1, 0.15) is 58.8 Å². The van der Waals surface area contributed by atoms with Crippen molar-refractivity contribution in [1.29, 1.82) is 0 Å². The van der Waals surface area contributed by atoms with Gasteiger partial charge < -0.3 is 9.16 Å². The Hall–Kier alpha value is -3.18. The molecule has 0 N–H and O–H groups in total. The van der Waals surface area contributed by atoms with Gasteiger partial charge in [-0.3, -0.25) is 0 Å². The number of fused-ring (bicyclic) bond motifs is 1. The second-order valence-corrected chi connectivity index (χ2v) is 16.6. The van der Waals surface area contributed by atoms with Crippen LogP contribution in [0.15, 0.2) is 30.3 Å². The van der Waals surface area contributed by atoms with Crippen LogP contribution in [0.3, 0.4) is 0 Å². The first-order valence-electron chi connectivity index (χ1n) is 12.3. The van der Waals surface area contributed by atoms with Gasteiger partial charge in [0, 0.05) is 12.6 Å². The molecule has 0 fully saturated rings. The summed E-state index contributed by atoms with van der Waals surface area (Å²) in [4.78, 5) is 4.65. The number of nitrogens with zero attached hydrogens (tertiary/aromatic N) is 7. The van der Waals surface area contributed by atoms with Crippen molar-refractivity contribution in [1.82, 2.24) is 34.6 Å². The van der Waals surface area contributed by atoms with Gasteiger partial charge in [0.2, 0.25) is 5.88 Å². The smallest absolute Gasteiger partial charge is 0.236 e. The summed E-state index contributed by atoms with van der Waals surface area (Å²) >= 11 is 0. The molecule has 0 saturated carbocycles. The van der Waals surface area contributed by atoms with E-state index < -0.39 is 14.1 Å². The molecule has 1 aromatic carbocycles. The van der Waals surface area contributed by atoms with E-state index in [1.54, 1.807) is 22.9 Å². The van der Waals surface area contributed by atoms with Crippen molar-refractivity contribution >= 4 is 14.0 Å². The van der Waals surface area contributed by atoms with Gasteiger partial charge in [-0.1, -0.05) is 53.7 Å². The molecule has 4 rings (SSSR count). The molecule has 0 unspecified atom stereocenters. The quantitative estimate of drug-likeness (QED) is 0.296. The van der Waals surface area contributed by atoms with E-state index in [0.717, 1.165) is 5.56 Å². The van der Waals surface area contributed by atoms with Gasteiger partial charge in [0.15, 0.2) is 31.4 Å². The molecular formula is C26H36FN7O2Si. The monoisotopic (exact) mass is 525 g/mol. The summed E-state index contributed by atoms with van der Waals surface area (Å²) in [5.74, 6) is 1.58. The second-order valence-electron chi connectivity index (χ2n) is 11.8. The standard InChI is InChI=1S/C26H36FN7O2Si/c1-25(2,3)18-14-21-29-30-23(17-12-10-11-13-19(17)27)34(21)32-24(18)35-16-22-28-20(31-33(22)7)15-36-37(8,9)26(4,5)6/h10-14H,15-16H2,1-9H3. The maximum Gasteiger partial charge on any atom is 0.236 e. The molecule has 0 saturated heterocycles. The molecule has 0 aliphatic carbocycles. The van der Waals surface area contributed by atoms with Crippen molar-refractivity contribution < 1.29 is 13.6 Å². The van der Waals surface area contributed by atoms with Crippen LogP contribution in [-0.2, 0) is 30.1 Å². The van der Waals surface area contributed by atoms with Crippen LogP contribution in [0.5, 0.6) is 5.88 Å². The molecule has 0 radical (unpaired) electrons. The highest BCUT2D eigenvalue weighted by molar-refractivity contribution is 6.74. The van der Waals surface area contributed by atoms with Gasteiger partial charge in [0.1, 0.15) is 12.4 Å². The van der Waals surface area contributed by atoms with Crippen LogP contribution in [0.4, 0.5) is 4.39 Å². The molecule has 0 aliphatic rings. The van der Waals surface area contributed by atoms with Gasteiger partial charge in [0.25, 0.3) is 0 Å². The lowest BCUT2D eigenvalue weighted by Crippen LogP contribution is -2.40. The SMILES string of the molecule is Cn1nc(CO[Si](C)(C)C(C)(C)C)nc1COc1nn2c(-c3ccccc3F)nnc2cc1C(C)(C)C. The zero-order chi connectivity index (χ0) is 27.2. The molecule has 3 aromatic heterocycles.